The number of pyridine rings is 1. The first-order valence-electron chi connectivity index (χ1n) is 11.9. The molecule has 6 heteroatoms. The number of aromatic nitrogens is 2. The Bertz CT molecular complexity index is 1010. The molecule has 4 saturated carbocycles. The van der Waals surface area contributed by atoms with Crippen LogP contribution < -0.4 is 5.32 Å². The SMILES string of the molecule is CN(C)CCOCc1cn2c(C(=O)NCC34CC5CC6CC(C3)C6(C5)C4)cccc2n1. The summed E-state index contributed by atoms with van der Waals surface area (Å²) < 4.78 is 7.65. The third-order valence-electron chi connectivity index (χ3n) is 8.92. The van der Waals surface area contributed by atoms with Crippen LogP contribution in [0.3, 0.4) is 0 Å². The number of carbonyl (C=O) groups excluding carboxylic acids is 1. The molecule has 4 fully saturated rings. The van der Waals surface area contributed by atoms with Crippen molar-refractivity contribution in [3.05, 3.63) is 35.8 Å². The number of amides is 1. The Morgan fingerprint density at radius 1 is 1.26 bits per heavy atom. The van der Waals surface area contributed by atoms with E-state index in [1.54, 1.807) is 0 Å². The second-order valence-corrected chi connectivity index (χ2v) is 11.2. The van der Waals surface area contributed by atoms with Gasteiger partial charge in [0.05, 0.1) is 18.9 Å². The Morgan fingerprint density at radius 3 is 3.03 bits per heavy atom. The van der Waals surface area contributed by atoms with Crippen molar-refractivity contribution < 1.29 is 9.53 Å². The van der Waals surface area contributed by atoms with Gasteiger partial charge in [0.15, 0.2) is 0 Å². The molecule has 1 N–H and O–H groups in total. The van der Waals surface area contributed by atoms with E-state index in [9.17, 15) is 4.79 Å². The molecular formula is C25H34N4O2. The van der Waals surface area contributed by atoms with Gasteiger partial charge in [0.1, 0.15) is 11.3 Å². The molecule has 4 aliphatic carbocycles. The van der Waals surface area contributed by atoms with Gasteiger partial charge in [-0.15, -0.1) is 0 Å². The first-order chi connectivity index (χ1) is 15.0. The first kappa shape index (κ1) is 19.7. The maximum absolute atomic E-state index is 13.2. The Labute approximate surface area is 184 Å². The molecule has 0 aromatic carbocycles. The number of hydrogen-bond acceptors (Lipinski definition) is 4. The zero-order valence-corrected chi connectivity index (χ0v) is 18.8. The molecule has 1 amide bonds. The topological polar surface area (TPSA) is 58.9 Å². The quantitative estimate of drug-likeness (QED) is 0.663. The van der Waals surface area contributed by atoms with E-state index in [4.69, 9.17) is 4.74 Å². The number of nitrogens with one attached hydrogen (secondary N) is 1. The molecular weight excluding hydrogens is 388 g/mol. The predicted molar refractivity (Wildman–Crippen MR) is 119 cm³/mol. The van der Waals surface area contributed by atoms with Crippen molar-refractivity contribution in [3.8, 4) is 0 Å². The highest BCUT2D eigenvalue weighted by atomic mass is 16.5. The molecule has 6 nitrogen and oxygen atoms in total. The number of hydrogen-bond donors (Lipinski definition) is 1. The van der Waals surface area contributed by atoms with E-state index in [1.165, 1.54) is 38.5 Å². The summed E-state index contributed by atoms with van der Waals surface area (Å²) in [4.78, 5) is 19.9. The number of rotatable bonds is 8. The van der Waals surface area contributed by atoms with Crippen LogP contribution in [0, 0.1) is 28.6 Å². The lowest BCUT2D eigenvalue weighted by Crippen LogP contribution is -2.43. The molecule has 6 rings (SSSR count). The van der Waals surface area contributed by atoms with Crippen molar-refractivity contribution in [1.29, 1.82) is 0 Å². The Hall–Kier alpha value is -1.92. The molecule has 0 aliphatic heterocycles. The van der Waals surface area contributed by atoms with Crippen LogP contribution in [0.1, 0.15) is 54.7 Å². The van der Waals surface area contributed by atoms with Crippen LogP contribution in [0.25, 0.3) is 5.65 Å². The van der Waals surface area contributed by atoms with Crippen LogP contribution >= 0.6 is 0 Å². The highest BCUT2D eigenvalue weighted by molar-refractivity contribution is 5.93. The van der Waals surface area contributed by atoms with Crippen molar-refractivity contribution in [1.82, 2.24) is 19.6 Å². The average molecular weight is 423 g/mol. The fraction of sp³-hybridized carbons (Fsp3) is 0.680. The van der Waals surface area contributed by atoms with Crippen LogP contribution in [0.2, 0.25) is 0 Å². The summed E-state index contributed by atoms with van der Waals surface area (Å²) in [6.07, 6.45) is 10.4. The third kappa shape index (κ3) is 3.13. The fourth-order valence-corrected chi connectivity index (χ4v) is 7.84. The van der Waals surface area contributed by atoms with Crippen LogP contribution in [0.4, 0.5) is 0 Å². The Kier molecular flexibility index (Phi) is 4.48. The van der Waals surface area contributed by atoms with Crippen LogP contribution in [-0.4, -0.2) is 54.0 Å². The van der Waals surface area contributed by atoms with E-state index in [1.807, 2.05) is 42.9 Å². The third-order valence-corrected chi connectivity index (χ3v) is 8.92. The highest BCUT2D eigenvalue weighted by Gasteiger charge is 2.70. The zero-order chi connectivity index (χ0) is 21.2. The predicted octanol–water partition coefficient (Wildman–Crippen LogP) is 3.36. The zero-order valence-electron chi connectivity index (χ0n) is 18.8. The summed E-state index contributed by atoms with van der Waals surface area (Å²) in [5.74, 6) is 2.87. The lowest BCUT2D eigenvalue weighted by Gasteiger charge is -2.49. The van der Waals surface area contributed by atoms with Gasteiger partial charge in [-0.1, -0.05) is 6.07 Å². The second kappa shape index (κ2) is 7.04. The monoisotopic (exact) mass is 422 g/mol. The molecule has 0 radical (unpaired) electrons. The maximum Gasteiger partial charge on any atom is 0.268 e. The number of fused-ring (bicyclic) bond motifs is 3. The van der Waals surface area contributed by atoms with E-state index in [0.717, 1.165) is 42.2 Å². The van der Waals surface area contributed by atoms with Gasteiger partial charge >= 0.3 is 0 Å². The minimum Gasteiger partial charge on any atom is -0.374 e. The van der Waals surface area contributed by atoms with Crippen molar-refractivity contribution in [3.63, 3.8) is 0 Å². The molecule has 5 atom stereocenters. The number of imidazole rings is 1. The summed E-state index contributed by atoms with van der Waals surface area (Å²) in [6.45, 7) is 2.85. The number of ether oxygens (including phenoxy) is 1. The van der Waals surface area contributed by atoms with E-state index in [-0.39, 0.29) is 5.91 Å². The normalized spacial score (nSPS) is 35.0. The van der Waals surface area contributed by atoms with Gasteiger partial charge in [-0.3, -0.25) is 9.20 Å². The number of carbonyl (C=O) groups is 1. The second-order valence-electron chi connectivity index (χ2n) is 11.2. The summed E-state index contributed by atoms with van der Waals surface area (Å²) in [6, 6.07) is 5.77. The number of nitrogens with zero attached hydrogens (tertiary/aromatic N) is 3. The van der Waals surface area contributed by atoms with Crippen molar-refractivity contribution >= 4 is 11.6 Å². The molecule has 3 bridgehead atoms. The van der Waals surface area contributed by atoms with Gasteiger partial charge in [0, 0.05) is 19.3 Å². The fourth-order valence-electron chi connectivity index (χ4n) is 7.84. The van der Waals surface area contributed by atoms with Crippen LogP contribution in [-0.2, 0) is 11.3 Å². The molecule has 2 aromatic heterocycles. The molecule has 0 saturated heterocycles. The van der Waals surface area contributed by atoms with Crippen molar-refractivity contribution in [2.45, 2.75) is 45.1 Å². The van der Waals surface area contributed by atoms with E-state index in [0.29, 0.717) is 29.7 Å². The molecule has 5 unspecified atom stereocenters. The van der Waals surface area contributed by atoms with Crippen molar-refractivity contribution in [2.24, 2.45) is 28.6 Å². The minimum atomic E-state index is 0.0173. The molecule has 1 spiro atoms. The highest BCUT2D eigenvalue weighted by Crippen LogP contribution is 2.78. The summed E-state index contributed by atoms with van der Waals surface area (Å²) >= 11 is 0. The molecule has 31 heavy (non-hydrogen) atoms. The van der Waals surface area contributed by atoms with Gasteiger partial charge in [-0.2, -0.15) is 0 Å². The molecule has 2 heterocycles. The number of likely N-dealkylation sites (N-methyl/N-ethyl adjacent to an activating group) is 1. The van der Waals surface area contributed by atoms with Gasteiger partial charge in [0.25, 0.3) is 5.91 Å². The van der Waals surface area contributed by atoms with E-state index >= 15 is 0 Å². The van der Waals surface area contributed by atoms with Gasteiger partial charge in [-0.05, 0) is 93.3 Å². The first-order valence-corrected chi connectivity index (χ1v) is 11.9. The van der Waals surface area contributed by atoms with Crippen molar-refractivity contribution in [2.75, 3.05) is 33.8 Å². The Balaban J connectivity index is 1.14. The van der Waals surface area contributed by atoms with Gasteiger partial charge in [-0.25, -0.2) is 4.98 Å². The molecule has 166 valence electrons. The minimum absolute atomic E-state index is 0.0173. The summed E-state index contributed by atoms with van der Waals surface area (Å²) in [7, 11) is 4.07. The smallest absolute Gasteiger partial charge is 0.268 e. The van der Waals surface area contributed by atoms with E-state index < -0.39 is 0 Å². The molecule has 2 aromatic rings. The lowest BCUT2D eigenvalue weighted by atomic mass is 9.55. The van der Waals surface area contributed by atoms with Crippen LogP contribution in [0.15, 0.2) is 24.4 Å². The largest absolute Gasteiger partial charge is 0.374 e. The summed E-state index contributed by atoms with van der Waals surface area (Å²) in [5.41, 5.74) is 3.34. The summed E-state index contributed by atoms with van der Waals surface area (Å²) in [5, 5.41) is 3.33. The van der Waals surface area contributed by atoms with E-state index in [2.05, 4.69) is 15.2 Å². The lowest BCUT2D eigenvalue weighted by molar-refractivity contribution is -0.00254. The Morgan fingerprint density at radius 2 is 2.16 bits per heavy atom. The molecule has 4 aliphatic rings. The van der Waals surface area contributed by atoms with Gasteiger partial charge < -0.3 is 15.0 Å². The average Bonchev–Trinajstić information content (AvgIpc) is 3.30. The van der Waals surface area contributed by atoms with Crippen LogP contribution in [0.5, 0.6) is 0 Å². The standard InChI is InChI=1S/C25H34N4O2/c1-28(2)6-7-31-14-20-13-29-21(4-3-5-22(29)27-20)23(30)26-16-24-10-17-8-18-9-19(12-24)25(18,11-17)15-24/h3-5,13,17-19H,6-12,14-16H2,1-2H3,(H,26,30). The maximum atomic E-state index is 13.2. The van der Waals surface area contributed by atoms with Gasteiger partial charge in [0.2, 0.25) is 0 Å².